The van der Waals surface area contributed by atoms with Crippen LogP contribution in [-0.2, 0) is 13.5 Å². The summed E-state index contributed by atoms with van der Waals surface area (Å²) in [6, 6.07) is 5.80. The lowest BCUT2D eigenvalue weighted by Crippen LogP contribution is -2.13. The van der Waals surface area contributed by atoms with Crippen LogP contribution in [0.5, 0.6) is 0 Å². The maximum Gasteiger partial charge on any atom is 0.255 e. The first-order valence-electron chi connectivity index (χ1n) is 7.26. The highest BCUT2D eigenvalue weighted by atomic mass is 35.5. The van der Waals surface area contributed by atoms with Gasteiger partial charge in [0.25, 0.3) is 5.91 Å². The smallest absolute Gasteiger partial charge is 0.255 e. The molecule has 1 amide bonds. The number of aromatic nitrogens is 2. The van der Waals surface area contributed by atoms with Gasteiger partial charge in [0, 0.05) is 31.0 Å². The number of carbonyl (C=O) groups is 1. The molecule has 1 aromatic heterocycles. The Labute approximate surface area is 136 Å². The number of rotatable bonds is 3. The Hall–Kier alpha value is -2.01. The molecular weight excluding hydrogens is 300 g/mol. The predicted octanol–water partition coefficient (Wildman–Crippen LogP) is 3.19. The van der Waals surface area contributed by atoms with Crippen LogP contribution in [0.25, 0.3) is 0 Å². The minimum Gasteiger partial charge on any atom is -0.384 e. The molecule has 2 aromatic rings. The number of nitrogens with one attached hydrogen (secondary N) is 2. The van der Waals surface area contributed by atoms with Crippen molar-refractivity contribution in [2.45, 2.75) is 26.2 Å². The Kier molecular flexibility index (Phi) is 4.76. The fraction of sp³-hybridized carbons (Fsp3) is 0.375. The molecule has 1 aliphatic rings. The molecule has 0 saturated heterocycles. The van der Waals surface area contributed by atoms with Gasteiger partial charge in [-0.1, -0.05) is 13.8 Å². The van der Waals surface area contributed by atoms with E-state index in [1.807, 2.05) is 31.4 Å². The molecule has 5 nitrogen and oxygen atoms in total. The first kappa shape index (κ1) is 16.4. The van der Waals surface area contributed by atoms with Crippen molar-refractivity contribution < 1.29 is 4.79 Å². The van der Waals surface area contributed by atoms with Gasteiger partial charge < -0.3 is 10.6 Å². The van der Waals surface area contributed by atoms with Crippen molar-refractivity contribution in [3.05, 3.63) is 41.2 Å². The standard InChI is InChI=1S/C16H20N4O.ClH/c1-10(2)15-14(9-20(3)19-15)18-16(21)12-4-5-13-11(8-12)6-7-17-13;/h4-5,8-10,17H,6-7H2,1-3H3,(H,18,21);1H. The molecule has 22 heavy (non-hydrogen) atoms. The summed E-state index contributed by atoms with van der Waals surface area (Å²) in [5, 5.41) is 10.7. The zero-order chi connectivity index (χ0) is 15.0. The van der Waals surface area contributed by atoms with E-state index in [9.17, 15) is 4.79 Å². The molecule has 118 valence electrons. The highest BCUT2D eigenvalue weighted by molar-refractivity contribution is 6.05. The zero-order valence-electron chi connectivity index (χ0n) is 13.0. The van der Waals surface area contributed by atoms with E-state index >= 15 is 0 Å². The van der Waals surface area contributed by atoms with Crippen molar-refractivity contribution in [1.29, 1.82) is 0 Å². The van der Waals surface area contributed by atoms with Crippen molar-refractivity contribution in [3.8, 4) is 0 Å². The van der Waals surface area contributed by atoms with E-state index in [-0.39, 0.29) is 24.2 Å². The van der Waals surface area contributed by atoms with E-state index in [1.165, 1.54) is 5.56 Å². The number of carbonyl (C=O) groups excluding carboxylic acids is 1. The monoisotopic (exact) mass is 320 g/mol. The number of fused-ring (bicyclic) bond motifs is 1. The van der Waals surface area contributed by atoms with Crippen LogP contribution in [0.2, 0.25) is 0 Å². The quantitative estimate of drug-likeness (QED) is 0.913. The van der Waals surface area contributed by atoms with Crippen molar-refractivity contribution in [2.75, 3.05) is 17.2 Å². The van der Waals surface area contributed by atoms with Crippen molar-refractivity contribution in [2.24, 2.45) is 7.05 Å². The van der Waals surface area contributed by atoms with E-state index in [0.717, 1.165) is 30.0 Å². The summed E-state index contributed by atoms with van der Waals surface area (Å²) in [6.07, 6.45) is 2.82. The number of hydrogen-bond donors (Lipinski definition) is 2. The van der Waals surface area contributed by atoms with E-state index in [4.69, 9.17) is 0 Å². The minimum atomic E-state index is -0.0837. The fourth-order valence-electron chi connectivity index (χ4n) is 2.67. The normalized spacial score (nSPS) is 12.5. The molecule has 1 aromatic carbocycles. The van der Waals surface area contributed by atoms with Crippen molar-refractivity contribution in [1.82, 2.24) is 9.78 Å². The second-order valence-corrected chi connectivity index (χ2v) is 5.76. The molecule has 2 N–H and O–H groups in total. The van der Waals surface area contributed by atoms with Crippen LogP contribution >= 0.6 is 12.4 Å². The Morgan fingerprint density at radius 2 is 2.18 bits per heavy atom. The number of aryl methyl sites for hydroxylation is 1. The van der Waals surface area contributed by atoms with Crippen molar-refractivity contribution in [3.63, 3.8) is 0 Å². The van der Waals surface area contributed by atoms with Crippen LogP contribution in [0.4, 0.5) is 11.4 Å². The Morgan fingerprint density at radius 3 is 2.91 bits per heavy atom. The first-order valence-corrected chi connectivity index (χ1v) is 7.26. The number of amides is 1. The van der Waals surface area contributed by atoms with Crippen LogP contribution in [0, 0.1) is 0 Å². The maximum absolute atomic E-state index is 12.4. The molecule has 0 saturated carbocycles. The SMILES string of the molecule is CC(C)c1nn(C)cc1NC(=O)c1ccc2c(c1)CCN2.Cl. The molecule has 0 radical (unpaired) electrons. The third-order valence-corrected chi connectivity index (χ3v) is 3.73. The van der Waals surface area contributed by atoms with Crippen LogP contribution in [0.1, 0.15) is 41.4 Å². The Bertz CT molecular complexity index is 693. The lowest BCUT2D eigenvalue weighted by atomic mass is 10.1. The minimum absolute atomic E-state index is 0. The van der Waals surface area contributed by atoms with Crippen LogP contribution < -0.4 is 10.6 Å². The topological polar surface area (TPSA) is 59.0 Å². The number of anilines is 2. The summed E-state index contributed by atoms with van der Waals surface area (Å²) in [7, 11) is 1.86. The average molecular weight is 321 g/mol. The van der Waals surface area contributed by atoms with Crippen LogP contribution in [-0.4, -0.2) is 22.2 Å². The molecule has 0 fully saturated rings. The van der Waals surface area contributed by atoms with Crippen LogP contribution in [0.15, 0.2) is 24.4 Å². The van der Waals surface area contributed by atoms with Gasteiger partial charge in [-0.2, -0.15) is 5.10 Å². The largest absolute Gasteiger partial charge is 0.384 e. The van der Waals surface area contributed by atoms with Crippen molar-refractivity contribution >= 4 is 29.7 Å². The number of halogens is 1. The van der Waals surface area contributed by atoms with Gasteiger partial charge in [-0.15, -0.1) is 12.4 Å². The van der Waals surface area contributed by atoms with Gasteiger partial charge in [-0.05, 0) is 36.1 Å². The number of benzene rings is 1. The number of nitrogens with zero attached hydrogens (tertiary/aromatic N) is 2. The molecule has 0 spiro atoms. The fourth-order valence-corrected chi connectivity index (χ4v) is 2.67. The summed E-state index contributed by atoms with van der Waals surface area (Å²) in [5.41, 5.74) is 4.73. The van der Waals surface area contributed by atoms with Crippen LogP contribution in [0.3, 0.4) is 0 Å². The van der Waals surface area contributed by atoms with Gasteiger partial charge in [0.15, 0.2) is 0 Å². The zero-order valence-corrected chi connectivity index (χ0v) is 13.8. The highest BCUT2D eigenvalue weighted by Gasteiger charge is 2.17. The number of hydrogen-bond acceptors (Lipinski definition) is 3. The second kappa shape index (κ2) is 6.40. The molecule has 2 heterocycles. The van der Waals surface area contributed by atoms with Gasteiger partial charge >= 0.3 is 0 Å². The third kappa shape index (κ3) is 3.09. The molecule has 3 rings (SSSR count). The molecule has 0 atom stereocenters. The molecule has 6 heteroatoms. The average Bonchev–Trinajstić information content (AvgIpc) is 3.04. The molecule has 0 aliphatic carbocycles. The lowest BCUT2D eigenvalue weighted by molar-refractivity contribution is 0.102. The van der Waals surface area contributed by atoms with Gasteiger partial charge in [0.05, 0.1) is 11.4 Å². The summed E-state index contributed by atoms with van der Waals surface area (Å²) in [5.74, 6) is 0.185. The first-order chi connectivity index (χ1) is 10.0. The maximum atomic E-state index is 12.4. The predicted molar refractivity (Wildman–Crippen MR) is 91.1 cm³/mol. The molecular formula is C16H21ClN4O. The summed E-state index contributed by atoms with van der Waals surface area (Å²) < 4.78 is 1.73. The van der Waals surface area contributed by atoms with E-state index in [2.05, 4.69) is 29.6 Å². The van der Waals surface area contributed by atoms with Gasteiger partial charge in [0.2, 0.25) is 0 Å². The second-order valence-electron chi connectivity index (χ2n) is 5.76. The summed E-state index contributed by atoms with van der Waals surface area (Å²) in [4.78, 5) is 12.4. The van der Waals surface area contributed by atoms with E-state index < -0.39 is 0 Å². The highest BCUT2D eigenvalue weighted by Crippen LogP contribution is 2.25. The summed E-state index contributed by atoms with van der Waals surface area (Å²) >= 11 is 0. The van der Waals surface area contributed by atoms with E-state index in [1.54, 1.807) is 4.68 Å². The Morgan fingerprint density at radius 1 is 1.41 bits per heavy atom. The molecule has 0 unspecified atom stereocenters. The summed E-state index contributed by atoms with van der Waals surface area (Å²) in [6.45, 7) is 5.08. The van der Waals surface area contributed by atoms with E-state index in [0.29, 0.717) is 5.56 Å². The van der Waals surface area contributed by atoms with Gasteiger partial charge in [-0.25, -0.2) is 0 Å². The molecule has 1 aliphatic heterocycles. The lowest BCUT2D eigenvalue weighted by Gasteiger charge is -2.08. The van der Waals surface area contributed by atoms with Gasteiger partial charge in [-0.3, -0.25) is 9.48 Å². The Balaban J connectivity index is 0.00000176. The third-order valence-electron chi connectivity index (χ3n) is 3.73. The molecule has 0 bridgehead atoms. The van der Waals surface area contributed by atoms with Gasteiger partial charge in [0.1, 0.15) is 0 Å².